The first kappa shape index (κ1) is 15.7. The summed E-state index contributed by atoms with van der Waals surface area (Å²) < 4.78 is 27.4. The van der Waals surface area contributed by atoms with Gasteiger partial charge in [0.05, 0.1) is 4.90 Å². The van der Waals surface area contributed by atoms with Crippen LogP contribution in [0.4, 0.5) is 0 Å². The van der Waals surface area contributed by atoms with Gasteiger partial charge in [-0.3, -0.25) is 0 Å². The largest absolute Gasteiger partial charge is 0.326 e. The molecule has 4 nitrogen and oxygen atoms in total. The van der Waals surface area contributed by atoms with Crippen LogP contribution in [-0.4, -0.2) is 15.0 Å². The Balaban J connectivity index is 2.12. The molecule has 2 aromatic carbocycles. The van der Waals surface area contributed by atoms with Crippen LogP contribution in [0.5, 0.6) is 0 Å². The fourth-order valence-electron chi connectivity index (χ4n) is 2.15. The van der Waals surface area contributed by atoms with Crippen molar-refractivity contribution in [1.29, 1.82) is 0 Å². The molecular weight excluding hydrogens is 284 g/mol. The predicted octanol–water partition coefficient (Wildman–Crippen LogP) is 2.23. The molecule has 0 aromatic heterocycles. The molecule has 5 heteroatoms. The third kappa shape index (κ3) is 3.91. The summed E-state index contributed by atoms with van der Waals surface area (Å²) in [5.74, 6) is 0.103. The second-order valence-electron chi connectivity index (χ2n) is 4.98. The van der Waals surface area contributed by atoms with E-state index < -0.39 is 10.0 Å². The summed E-state index contributed by atoms with van der Waals surface area (Å²) >= 11 is 0. The highest BCUT2D eigenvalue weighted by Gasteiger charge is 2.18. The van der Waals surface area contributed by atoms with Crippen LogP contribution in [0, 0.1) is 0 Å². The van der Waals surface area contributed by atoms with Gasteiger partial charge in [0, 0.05) is 13.1 Å². The number of nitrogens with one attached hydrogen (secondary N) is 1. The molecule has 2 aromatic rings. The number of hydrogen-bond acceptors (Lipinski definition) is 3. The molecule has 0 radical (unpaired) electrons. The van der Waals surface area contributed by atoms with Crippen molar-refractivity contribution in [2.75, 3.05) is 6.54 Å². The number of nitrogens with two attached hydrogens (primary N) is 1. The molecule has 0 aliphatic carbocycles. The zero-order chi connectivity index (χ0) is 15.3. The number of rotatable bonds is 6. The highest BCUT2D eigenvalue weighted by molar-refractivity contribution is 7.89. The minimum Gasteiger partial charge on any atom is -0.326 e. The van der Waals surface area contributed by atoms with Gasteiger partial charge in [-0.15, -0.1) is 0 Å². The molecular formula is C16H20N2O2S. The van der Waals surface area contributed by atoms with Gasteiger partial charge >= 0.3 is 0 Å². The molecule has 1 unspecified atom stereocenters. The predicted molar refractivity (Wildman–Crippen MR) is 84.4 cm³/mol. The van der Waals surface area contributed by atoms with Crippen LogP contribution in [0.2, 0.25) is 0 Å². The van der Waals surface area contributed by atoms with Crippen molar-refractivity contribution >= 4 is 10.0 Å². The van der Waals surface area contributed by atoms with Gasteiger partial charge in [-0.05, 0) is 23.1 Å². The SMILES string of the molecule is CC(CNS(=O)(=O)c1ccccc1CN)c1ccccc1. The molecule has 0 aliphatic heterocycles. The molecule has 0 fully saturated rings. The molecule has 21 heavy (non-hydrogen) atoms. The van der Waals surface area contributed by atoms with E-state index in [0.717, 1.165) is 5.56 Å². The molecule has 0 saturated heterocycles. The van der Waals surface area contributed by atoms with Gasteiger partial charge in [0.25, 0.3) is 0 Å². The summed E-state index contributed by atoms with van der Waals surface area (Å²) in [7, 11) is -3.54. The quantitative estimate of drug-likeness (QED) is 0.859. The van der Waals surface area contributed by atoms with E-state index in [-0.39, 0.29) is 17.4 Å². The monoisotopic (exact) mass is 304 g/mol. The number of benzene rings is 2. The minimum absolute atomic E-state index is 0.103. The average molecular weight is 304 g/mol. The lowest BCUT2D eigenvalue weighted by Crippen LogP contribution is -2.28. The van der Waals surface area contributed by atoms with E-state index in [1.165, 1.54) is 0 Å². The molecule has 112 valence electrons. The Morgan fingerprint density at radius 3 is 2.33 bits per heavy atom. The summed E-state index contributed by atoms with van der Waals surface area (Å²) in [6.45, 7) is 2.54. The minimum atomic E-state index is -3.54. The number of hydrogen-bond donors (Lipinski definition) is 2. The smallest absolute Gasteiger partial charge is 0.240 e. The molecule has 0 saturated carbocycles. The van der Waals surface area contributed by atoms with Crippen molar-refractivity contribution in [2.45, 2.75) is 24.3 Å². The van der Waals surface area contributed by atoms with Crippen LogP contribution in [0.15, 0.2) is 59.5 Å². The lowest BCUT2D eigenvalue weighted by Gasteiger charge is -2.14. The van der Waals surface area contributed by atoms with Crippen molar-refractivity contribution < 1.29 is 8.42 Å². The molecule has 2 rings (SSSR count). The van der Waals surface area contributed by atoms with Gasteiger partial charge in [-0.25, -0.2) is 13.1 Å². The van der Waals surface area contributed by atoms with Gasteiger partial charge in [-0.1, -0.05) is 55.5 Å². The van der Waals surface area contributed by atoms with Crippen LogP contribution in [-0.2, 0) is 16.6 Å². The Labute approximate surface area is 126 Å². The molecule has 1 atom stereocenters. The van der Waals surface area contributed by atoms with Gasteiger partial charge < -0.3 is 5.73 Å². The second kappa shape index (κ2) is 6.85. The third-order valence-electron chi connectivity index (χ3n) is 3.43. The van der Waals surface area contributed by atoms with E-state index in [0.29, 0.717) is 12.1 Å². The van der Waals surface area contributed by atoms with E-state index in [9.17, 15) is 8.42 Å². The maximum absolute atomic E-state index is 12.4. The first-order valence-electron chi connectivity index (χ1n) is 6.87. The molecule has 0 aliphatic rings. The molecule has 0 amide bonds. The first-order valence-corrected chi connectivity index (χ1v) is 8.35. The topological polar surface area (TPSA) is 72.2 Å². The molecule has 0 bridgehead atoms. The summed E-state index contributed by atoms with van der Waals surface area (Å²) in [6.07, 6.45) is 0. The van der Waals surface area contributed by atoms with E-state index in [1.54, 1.807) is 24.3 Å². The Morgan fingerprint density at radius 2 is 1.67 bits per heavy atom. The molecule has 3 N–H and O–H groups in total. The van der Waals surface area contributed by atoms with E-state index in [2.05, 4.69) is 4.72 Å². The Kier molecular flexibility index (Phi) is 5.12. The van der Waals surface area contributed by atoms with E-state index >= 15 is 0 Å². The Bertz CT molecular complexity index is 684. The van der Waals surface area contributed by atoms with E-state index in [1.807, 2.05) is 37.3 Å². The van der Waals surface area contributed by atoms with Crippen LogP contribution >= 0.6 is 0 Å². The summed E-state index contributed by atoms with van der Waals surface area (Å²) in [6, 6.07) is 16.6. The van der Waals surface area contributed by atoms with Crippen molar-refractivity contribution in [3.63, 3.8) is 0 Å². The third-order valence-corrected chi connectivity index (χ3v) is 4.95. The van der Waals surface area contributed by atoms with Crippen molar-refractivity contribution in [3.05, 3.63) is 65.7 Å². The summed E-state index contributed by atoms with van der Waals surface area (Å²) in [5.41, 5.74) is 7.33. The van der Waals surface area contributed by atoms with Crippen LogP contribution in [0.3, 0.4) is 0 Å². The van der Waals surface area contributed by atoms with Crippen molar-refractivity contribution in [2.24, 2.45) is 5.73 Å². The highest BCUT2D eigenvalue weighted by Crippen LogP contribution is 2.17. The second-order valence-corrected chi connectivity index (χ2v) is 6.71. The lowest BCUT2D eigenvalue weighted by atomic mass is 10.0. The standard InChI is InChI=1S/C16H20N2O2S/c1-13(14-7-3-2-4-8-14)12-18-21(19,20)16-10-6-5-9-15(16)11-17/h2-10,13,18H,11-12,17H2,1H3. The maximum atomic E-state index is 12.4. The summed E-state index contributed by atoms with van der Waals surface area (Å²) in [4.78, 5) is 0.257. The van der Waals surface area contributed by atoms with Gasteiger partial charge in [0.1, 0.15) is 0 Å². The Hall–Kier alpha value is -1.69. The zero-order valence-electron chi connectivity index (χ0n) is 12.0. The maximum Gasteiger partial charge on any atom is 0.240 e. The first-order chi connectivity index (χ1) is 10.0. The van der Waals surface area contributed by atoms with Crippen LogP contribution < -0.4 is 10.5 Å². The fourth-order valence-corrected chi connectivity index (χ4v) is 3.53. The zero-order valence-corrected chi connectivity index (χ0v) is 12.8. The summed E-state index contributed by atoms with van der Waals surface area (Å²) in [5, 5.41) is 0. The number of sulfonamides is 1. The highest BCUT2D eigenvalue weighted by atomic mass is 32.2. The Morgan fingerprint density at radius 1 is 1.05 bits per heavy atom. The van der Waals surface area contributed by atoms with Gasteiger partial charge in [0.15, 0.2) is 0 Å². The van der Waals surface area contributed by atoms with Gasteiger partial charge in [-0.2, -0.15) is 0 Å². The molecule has 0 heterocycles. The molecule has 0 spiro atoms. The van der Waals surface area contributed by atoms with Crippen molar-refractivity contribution in [3.8, 4) is 0 Å². The fraction of sp³-hybridized carbons (Fsp3) is 0.250. The van der Waals surface area contributed by atoms with Crippen LogP contribution in [0.1, 0.15) is 24.0 Å². The average Bonchev–Trinajstić information content (AvgIpc) is 2.53. The normalized spacial score (nSPS) is 13.0. The van der Waals surface area contributed by atoms with Crippen LogP contribution in [0.25, 0.3) is 0 Å². The van der Waals surface area contributed by atoms with E-state index in [4.69, 9.17) is 5.73 Å². The lowest BCUT2D eigenvalue weighted by molar-refractivity contribution is 0.573. The van der Waals surface area contributed by atoms with Crippen molar-refractivity contribution in [1.82, 2.24) is 4.72 Å². The van der Waals surface area contributed by atoms with Gasteiger partial charge in [0.2, 0.25) is 10.0 Å².